The fourth-order valence-corrected chi connectivity index (χ4v) is 0.793. The van der Waals surface area contributed by atoms with Gasteiger partial charge in [0.15, 0.2) is 0 Å². The van der Waals surface area contributed by atoms with E-state index < -0.39 is 0 Å². The van der Waals surface area contributed by atoms with Crippen LogP contribution >= 0.6 is 0 Å². The molecule has 1 aromatic rings. The quantitative estimate of drug-likeness (QED) is 0.562. The predicted molar refractivity (Wildman–Crippen MR) is 42.4 cm³/mol. The maximum absolute atomic E-state index is 3.99. The summed E-state index contributed by atoms with van der Waals surface area (Å²) in [5.41, 5.74) is 1.91. The van der Waals surface area contributed by atoms with Crippen LogP contribution in [-0.2, 0) is 7.05 Å². The van der Waals surface area contributed by atoms with E-state index in [0.29, 0.717) is 0 Å². The Balaban J connectivity index is 3.04. The number of hydrogen-bond acceptors (Lipinski definition) is 1. The molecular formula is C8H10N2. The third-order valence-electron chi connectivity index (χ3n) is 1.40. The van der Waals surface area contributed by atoms with Crippen molar-refractivity contribution in [1.82, 2.24) is 9.78 Å². The first kappa shape index (κ1) is 6.81. The Hall–Kier alpha value is -1.31. The Morgan fingerprint density at radius 2 is 2.50 bits per heavy atom. The van der Waals surface area contributed by atoms with Crippen molar-refractivity contribution in [3.8, 4) is 0 Å². The minimum atomic E-state index is 0.903. The second kappa shape index (κ2) is 2.52. The van der Waals surface area contributed by atoms with Gasteiger partial charge in [-0.15, -0.1) is 0 Å². The molecule has 0 aliphatic carbocycles. The fourth-order valence-electron chi connectivity index (χ4n) is 0.793. The van der Waals surface area contributed by atoms with E-state index >= 15 is 0 Å². The molecule has 2 nitrogen and oxygen atoms in total. The van der Waals surface area contributed by atoms with Crippen molar-refractivity contribution in [3.05, 3.63) is 37.2 Å². The molecule has 52 valence electrons. The Morgan fingerprint density at radius 1 is 1.80 bits per heavy atom. The maximum Gasteiger partial charge on any atom is 0.0672 e. The first-order valence-electron chi connectivity index (χ1n) is 3.05. The molecule has 0 fully saturated rings. The van der Waals surface area contributed by atoms with Gasteiger partial charge >= 0.3 is 0 Å². The van der Waals surface area contributed by atoms with Crippen LogP contribution in [0.5, 0.6) is 0 Å². The largest absolute Gasteiger partial charge is 0.268 e. The van der Waals surface area contributed by atoms with E-state index in [-0.39, 0.29) is 0 Å². The average Bonchev–Trinajstić information content (AvgIpc) is 2.34. The second-order valence-corrected chi connectivity index (χ2v) is 2.07. The molecule has 0 spiro atoms. The van der Waals surface area contributed by atoms with Crippen LogP contribution in [0.15, 0.2) is 31.5 Å². The van der Waals surface area contributed by atoms with E-state index in [2.05, 4.69) is 18.3 Å². The lowest BCUT2D eigenvalue weighted by Gasteiger charge is -1.98. The lowest BCUT2D eigenvalue weighted by molar-refractivity contribution is 0.757. The summed E-state index contributed by atoms with van der Waals surface area (Å²) in [5, 5.41) is 3.99. The van der Waals surface area contributed by atoms with Crippen molar-refractivity contribution >= 4 is 5.57 Å². The smallest absolute Gasteiger partial charge is 0.0672 e. The van der Waals surface area contributed by atoms with Gasteiger partial charge in [0.1, 0.15) is 0 Å². The van der Waals surface area contributed by atoms with Gasteiger partial charge in [-0.25, -0.2) is 0 Å². The molecule has 0 bridgehead atoms. The zero-order chi connectivity index (χ0) is 7.56. The number of allylic oxidation sites excluding steroid dienone is 2. The van der Waals surface area contributed by atoms with Gasteiger partial charge in [0.2, 0.25) is 0 Å². The summed E-state index contributed by atoms with van der Waals surface area (Å²) in [6.07, 6.45) is 3.46. The first-order chi connectivity index (χ1) is 4.75. The number of hydrogen-bond donors (Lipinski definition) is 0. The van der Waals surface area contributed by atoms with Crippen LogP contribution < -0.4 is 0 Å². The fraction of sp³-hybridized carbons (Fsp3) is 0.125. The van der Waals surface area contributed by atoms with Crippen LogP contribution in [0.3, 0.4) is 0 Å². The molecule has 0 amide bonds. The first-order valence-corrected chi connectivity index (χ1v) is 3.05. The monoisotopic (exact) mass is 134 g/mol. The van der Waals surface area contributed by atoms with Crippen LogP contribution in [0.2, 0.25) is 0 Å². The van der Waals surface area contributed by atoms with E-state index in [1.54, 1.807) is 17.0 Å². The molecule has 2 heteroatoms. The molecule has 1 rings (SSSR count). The zero-order valence-electron chi connectivity index (χ0n) is 6.04. The number of aryl methyl sites for hydroxylation is 1. The van der Waals surface area contributed by atoms with E-state index in [1.807, 2.05) is 13.1 Å². The Labute approximate surface area is 60.5 Å². The van der Waals surface area contributed by atoms with Crippen LogP contribution in [0, 0.1) is 0 Å². The minimum Gasteiger partial charge on any atom is -0.268 e. The highest BCUT2D eigenvalue weighted by Crippen LogP contribution is 2.09. The molecule has 1 heterocycles. The van der Waals surface area contributed by atoms with Gasteiger partial charge < -0.3 is 0 Å². The summed E-state index contributed by atoms with van der Waals surface area (Å²) in [6, 6.07) is 1.91. The van der Waals surface area contributed by atoms with Crippen molar-refractivity contribution < 1.29 is 0 Å². The summed E-state index contributed by atoms with van der Waals surface area (Å²) in [5.74, 6) is 0. The molecule has 1 aromatic heterocycles. The van der Waals surface area contributed by atoms with Gasteiger partial charge in [-0.1, -0.05) is 19.2 Å². The lowest BCUT2D eigenvalue weighted by atomic mass is 10.2. The van der Waals surface area contributed by atoms with Crippen LogP contribution in [-0.4, -0.2) is 9.78 Å². The van der Waals surface area contributed by atoms with Crippen molar-refractivity contribution in [2.24, 2.45) is 7.05 Å². The molecular weight excluding hydrogens is 124 g/mol. The number of rotatable bonds is 2. The van der Waals surface area contributed by atoms with Gasteiger partial charge in [0.25, 0.3) is 0 Å². The SMILES string of the molecule is C=CC(=C)c1ccnn1C. The lowest BCUT2D eigenvalue weighted by Crippen LogP contribution is -1.94. The normalized spacial score (nSPS) is 9.30. The highest BCUT2D eigenvalue weighted by atomic mass is 15.3. The molecule has 0 aromatic carbocycles. The van der Waals surface area contributed by atoms with E-state index in [9.17, 15) is 0 Å². The number of nitrogens with zero attached hydrogens (tertiary/aromatic N) is 2. The van der Waals surface area contributed by atoms with E-state index in [0.717, 1.165) is 11.3 Å². The van der Waals surface area contributed by atoms with Crippen LogP contribution in [0.25, 0.3) is 5.57 Å². The Bertz CT molecular complexity index is 258. The third-order valence-corrected chi connectivity index (χ3v) is 1.40. The van der Waals surface area contributed by atoms with Crippen molar-refractivity contribution in [3.63, 3.8) is 0 Å². The van der Waals surface area contributed by atoms with Crippen molar-refractivity contribution in [2.45, 2.75) is 0 Å². The molecule has 0 aliphatic heterocycles. The molecule has 10 heavy (non-hydrogen) atoms. The molecule has 0 N–H and O–H groups in total. The highest BCUT2D eigenvalue weighted by molar-refractivity contribution is 5.68. The predicted octanol–water partition coefficient (Wildman–Crippen LogP) is 1.62. The summed E-state index contributed by atoms with van der Waals surface area (Å²) in [4.78, 5) is 0. The summed E-state index contributed by atoms with van der Waals surface area (Å²) < 4.78 is 1.77. The van der Waals surface area contributed by atoms with Crippen LogP contribution in [0.1, 0.15) is 5.69 Å². The zero-order valence-corrected chi connectivity index (χ0v) is 6.04. The van der Waals surface area contributed by atoms with Gasteiger partial charge in [0.05, 0.1) is 5.69 Å². The molecule has 0 aliphatic rings. The van der Waals surface area contributed by atoms with Crippen molar-refractivity contribution in [1.29, 1.82) is 0 Å². The van der Waals surface area contributed by atoms with Crippen molar-refractivity contribution in [2.75, 3.05) is 0 Å². The standard InChI is InChI=1S/C8H10N2/c1-4-7(2)8-5-6-9-10(8)3/h4-6H,1-2H2,3H3. The molecule has 0 unspecified atom stereocenters. The third kappa shape index (κ3) is 1.00. The van der Waals surface area contributed by atoms with Gasteiger partial charge in [-0.2, -0.15) is 5.10 Å². The summed E-state index contributed by atoms with van der Waals surface area (Å²) in [6.45, 7) is 7.41. The Kier molecular flexibility index (Phi) is 1.71. The molecule has 0 radical (unpaired) electrons. The average molecular weight is 134 g/mol. The summed E-state index contributed by atoms with van der Waals surface area (Å²) >= 11 is 0. The number of aromatic nitrogens is 2. The van der Waals surface area contributed by atoms with Gasteiger partial charge in [-0.3, -0.25) is 4.68 Å². The van der Waals surface area contributed by atoms with Gasteiger partial charge in [-0.05, 0) is 11.6 Å². The van der Waals surface area contributed by atoms with Gasteiger partial charge in [0, 0.05) is 13.2 Å². The maximum atomic E-state index is 3.99. The molecule has 0 saturated carbocycles. The topological polar surface area (TPSA) is 17.8 Å². The Morgan fingerprint density at radius 3 is 2.90 bits per heavy atom. The van der Waals surface area contributed by atoms with E-state index in [4.69, 9.17) is 0 Å². The molecule has 0 saturated heterocycles. The highest BCUT2D eigenvalue weighted by Gasteiger charge is 1.97. The minimum absolute atomic E-state index is 0.903. The summed E-state index contributed by atoms with van der Waals surface area (Å²) in [7, 11) is 1.88. The van der Waals surface area contributed by atoms with Crippen LogP contribution in [0.4, 0.5) is 0 Å². The second-order valence-electron chi connectivity index (χ2n) is 2.07. The molecule has 0 atom stereocenters. The van der Waals surface area contributed by atoms with E-state index in [1.165, 1.54) is 0 Å².